The summed E-state index contributed by atoms with van der Waals surface area (Å²) in [6.45, 7) is 6.73. The maximum atomic E-state index is 13.5. The van der Waals surface area contributed by atoms with Crippen LogP contribution in [0.5, 0.6) is 0 Å². The normalized spacial score (nSPS) is 14.2. The molecule has 10 heteroatoms. The lowest BCUT2D eigenvalue weighted by atomic mass is 10.0. The Kier molecular flexibility index (Phi) is 52.9. The minimum absolute atomic E-state index is 0.0239. The minimum Gasteiger partial charge on any atom is -0.756 e. The van der Waals surface area contributed by atoms with Crippen molar-refractivity contribution in [3.63, 3.8) is 0 Å². The minimum atomic E-state index is -4.70. The van der Waals surface area contributed by atoms with Crippen molar-refractivity contribution in [2.45, 2.75) is 290 Å². The van der Waals surface area contributed by atoms with E-state index in [1.165, 1.54) is 141 Å². The summed E-state index contributed by atoms with van der Waals surface area (Å²) in [4.78, 5) is 39.9. The Morgan fingerprint density at radius 3 is 1.28 bits per heavy atom. The molecule has 1 N–H and O–H groups in total. The number of quaternary nitrogens is 1. The van der Waals surface area contributed by atoms with Crippen LogP contribution in [0.15, 0.2) is 72.9 Å². The largest absolute Gasteiger partial charge is 0.756 e. The van der Waals surface area contributed by atoms with Gasteiger partial charge in [-0.1, -0.05) is 261 Å². The van der Waals surface area contributed by atoms with E-state index in [-0.39, 0.29) is 31.5 Å². The molecule has 1 amide bonds. The topological polar surface area (TPSA) is 114 Å². The number of likely N-dealkylation sites (N-methyl/N-ethyl adjacent to an activating group) is 1. The monoisotopic (exact) mass is 1070 g/mol. The second kappa shape index (κ2) is 54.8. The van der Waals surface area contributed by atoms with E-state index >= 15 is 0 Å². The molecule has 3 atom stereocenters. The van der Waals surface area contributed by atoms with Crippen LogP contribution >= 0.6 is 7.82 Å². The molecule has 0 radical (unpaired) electrons. The molecule has 0 saturated heterocycles. The van der Waals surface area contributed by atoms with E-state index in [1.807, 2.05) is 33.3 Å². The molecule has 0 rings (SSSR count). The highest BCUT2D eigenvalue weighted by Gasteiger charge is 2.27. The maximum absolute atomic E-state index is 13.5. The summed E-state index contributed by atoms with van der Waals surface area (Å²) in [7, 11) is 1.18. The highest BCUT2D eigenvalue weighted by Crippen LogP contribution is 2.38. The Labute approximate surface area is 463 Å². The van der Waals surface area contributed by atoms with Crippen LogP contribution in [0.4, 0.5) is 0 Å². The molecule has 0 aliphatic heterocycles. The zero-order valence-electron chi connectivity index (χ0n) is 49.7. The first-order valence-electron chi connectivity index (χ1n) is 31.2. The number of hydrogen-bond acceptors (Lipinski definition) is 7. The molecule has 0 heterocycles. The van der Waals surface area contributed by atoms with Gasteiger partial charge in [0.1, 0.15) is 19.3 Å². The van der Waals surface area contributed by atoms with Crippen molar-refractivity contribution in [2.24, 2.45) is 0 Å². The number of nitrogens with one attached hydrogen (secondary N) is 1. The number of amides is 1. The molecule has 0 aromatic heterocycles. The van der Waals surface area contributed by atoms with Gasteiger partial charge in [-0.15, -0.1) is 0 Å². The van der Waals surface area contributed by atoms with E-state index in [0.717, 1.165) is 103 Å². The quantitative estimate of drug-likeness (QED) is 0.0212. The molecular formula is C65H119N2O7P. The van der Waals surface area contributed by atoms with Gasteiger partial charge in [0.2, 0.25) is 5.91 Å². The number of unbranched alkanes of at least 4 members (excludes halogenated alkanes) is 30. The van der Waals surface area contributed by atoms with Crippen LogP contribution in [-0.2, 0) is 27.9 Å². The molecule has 0 aliphatic carbocycles. The lowest BCUT2D eigenvalue weighted by Crippen LogP contribution is -2.47. The van der Waals surface area contributed by atoms with Gasteiger partial charge >= 0.3 is 5.97 Å². The van der Waals surface area contributed by atoms with Gasteiger partial charge in [-0.25, -0.2) is 0 Å². The van der Waals surface area contributed by atoms with Crippen molar-refractivity contribution >= 4 is 19.7 Å². The van der Waals surface area contributed by atoms with Crippen LogP contribution < -0.4 is 10.2 Å². The van der Waals surface area contributed by atoms with Crippen LogP contribution in [-0.4, -0.2) is 69.4 Å². The number of carbonyl (C=O) groups is 2. The van der Waals surface area contributed by atoms with Gasteiger partial charge in [0.25, 0.3) is 7.82 Å². The standard InChI is InChI=1S/C65H119N2O7P/c1-7-10-13-16-19-22-25-27-28-29-30-31-32-33-34-35-36-37-38-40-43-46-49-52-55-58-65(69)74-63(56-53-50-47-44-42-39-26-23-20-17-14-11-8-2)62(61-73-75(70,71)72-60-59-67(4,5)6)66-64(68)57-54-51-48-45-41-24-21-18-15-12-9-3/h10,13,19,22,27-28,30-31,33-34,53,56,62-63H,7-9,11-12,14-18,20-21,23-26,29,32,35-52,54-55,57-61H2,1-6H3,(H-,66,68,70,71)/b13-10-,22-19-,28-27-,31-30-,34-33-,56-53-. The predicted molar refractivity (Wildman–Crippen MR) is 321 cm³/mol. The number of nitrogens with zero attached hydrogens (tertiary/aromatic N) is 1. The van der Waals surface area contributed by atoms with Crippen LogP contribution in [0.3, 0.4) is 0 Å². The lowest BCUT2D eigenvalue weighted by molar-refractivity contribution is -0.870. The van der Waals surface area contributed by atoms with Crippen molar-refractivity contribution in [3.05, 3.63) is 72.9 Å². The molecule has 436 valence electrons. The molecule has 9 nitrogen and oxygen atoms in total. The van der Waals surface area contributed by atoms with Gasteiger partial charge in [-0.2, -0.15) is 0 Å². The van der Waals surface area contributed by atoms with Crippen LogP contribution in [0, 0.1) is 0 Å². The molecule has 0 fully saturated rings. The summed E-state index contributed by atoms with van der Waals surface area (Å²) < 4.78 is 30.3. The predicted octanol–water partition coefficient (Wildman–Crippen LogP) is 18.6. The van der Waals surface area contributed by atoms with Gasteiger partial charge < -0.3 is 28.5 Å². The fourth-order valence-electron chi connectivity index (χ4n) is 8.84. The molecule has 75 heavy (non-hydrogen) atoms. The average molecular weight is 1070 g/mol. The van der Waals surface area contributed by atoms with E-state index in [0.29, 0.717) is 17.4 Å². The molecule has 0 saturated carbocycles. The zero-order chi connectivity index (χ0) is 55.0. The summed E-state index contributed by atoms with van der Waals surface area (Å²) in [6.07, 6.45) is 70.1. The summed E-state index contributed by atoms with van der Waals surface area (Å²) >= 11 is 0. The van der Waals surface area contributed by atoms with Crippen molar-refractivity contribution in [1.29, 1.82) is 0 Å². The highest BCUT2D eigenvalue weighted by atomic mass is 31.2. The Hall–Kier alpha value is -2.55. The van der Waals surface area contributed by atoms with E-state index in [2.05, 4.69) is 86.8 Å². The summed E-state index contributed by atoms with van der Waals surface area (Å²) in [5.41, 5.74) is 0. The highest BCUT2D eigenvalue weighted by molar-refractivity contribution is 7.45. The fraction of sp³-hybridized carbons (Fsp3) is 0.785. The molecular weight excluding hydrogens is 952 g/mol. The average Bonchev–Trinajstić information content (AvgIpc) is 3.37. The number of ether oxygens (including phenoxy) is 1. The lowest BCUT2D eigenvalue weighted by Gasteiger charge is -2.30. The van der Waals surface area contributed by atoms with Gasteiger partial charge in [0.15, 0.2) is 0 Å². The number of phosphoric ester groups is 1. The summed E-state index contributed by atoms with van der Waals surface area (Å²) in [6, 6.07) is -0.890. The number of phosphoric acid groups is 1. The molecule has 3 unspecified atom stereocenters. The molecule has 0 bridgehead atoms. The Balaban J connectivity index is 5.14. The number of allylic oxidation sites excluding steroid dienone is 11. The summed E-state index contributed by atoms with van der Waals surface area (Å²) in [5.74, 6) is -0.544. The summed E-state index contributed by atoms with van der Waals surface area (Å²) in [5, 5.41) is 3.02. The van der Waals surface area contributed by atoms with E-state index < -0.39 is 20.0 Å². The van der Waals surface area contributed by atoms with Gasteiger partial charge in [0.05, 0.1) is 33.8 Å². The Bertz CT molecular complexity index is 1510. The van der Waals surface area contributed by atoms with E-state index in [9.17, 15) is 19.0 Å². The van der Waals surface area contributed by atoms with Crippen LogP contribution in [0.2, 0.25) is 0 Å². The first-order chi connectivity index (χ1) is 36.4. The van der Waals surface area contributed by atoms with Crippen molar-refractivity contribution in [3.8, 4) is 0 Å². The smallest absolute Gasteiger partial charge is 0.306 e. The fourth-order valence-corrected chi connectivity index (χ4v) is 9.57. The first-order valence-corrected chi connectivity index (χ1v) is 32.7. The van der Waals surface area contributed by atoms with Gasteiger partial charge in [-0.05, 0) is 76.7 Å². The second-order valence-electron chi connectivity index (χ2n) is 22.2. The number of rotatable bonds is 56. The van der Waals surface area contributed by atoms with Crippen molar-refractivity contribution in [2.75, 3.05) is 40.9 Å². The molecule has 0 spiro atoms. The maximum Gasteiger partial charge on any atom is 0.306 e. The molecule has 0 aromatic carbocycles. The van der Waals surface area contributed by atoms with Crippen molar-refractivity contribution < 1.29 is 37.3 Å². The number of carbonyl (C=O) groups excluding carboxylic acids is 2. The van der Waals surface area contributed by atoms with Crippen LogP contribution in [0.1, 0.15) is 278 Å². The van der Waals surface area contributed by atoms with Crippen LogP contribution in [0.25, 0.3) is 0 Å². The third kappa shape index (κ3) is 56.0. The second-order valence-corrected chi connectivity index (χ2v) is 23.6. The van der Waals surface area contributed by atoms with E-state index in [1.54, 1.807) is 0 Å². The Morgan fingerprint density at radius 1 is 0.480 bits per heavy atom. The third-order valence-electron chi connectivity index (χ3n) is 13.7. The van der Waals surface area contributed by atoms with Gasteiger partial charge in [-0.3, -0.25) is 14.2 Å². The van der Waals surface area contributed by atoms with E-state index in [4.69, 9.17) is 13.8 Å². The SMILES string of the molecule is CC/C=C\C/C=C\C/C=C\C/C=C\C/C=C\CCCCCCCCCCCC(=O)OC(/C=C\CCCCCCCCCCCCC)C(COP(=O)([O-])OCC[N+](C)(C)C)NC(=O)CCCCCCCCCCCCC. The zero-order valence-corrected chi connectivity index (χ0v) is 50.6. The first kappa shape index (κ1) is 72.5. The van der Waals surface area contributed by atoms with Crippen molar-refractivity contribution in [1.82, 2.24) is 5.32 Å². The molecule has 0 aliphatic rings. The molecule has 0 aromatic rings. The number of hydrogen-bond donors (Lipinski definition) is 1. The number of esters is 1. The Morgan fingerprint density at radius 2 is 0.853 bits per heavy atom. The third-order valence-corrected chi connectivity index (χ3v) is 14.6. The van der Waals surface area contributed by atoms with Gasteiger partial charge in [0, 0.05) is 12.8 Å².